The van der Waals surface area contributed by atoms with Crippen LogP contribution in [0.4, 0.5) is 11.4 Å². The van der Waals surface area contributed by atoms with Crippen LogP contribution in [0.25, 0.3) is 44.3 Å². The second-order valence-corrected chi connectivity index (χ2v) is 13.5. The molecule has 2 amide bonds. The number of hydrogen-bond acceptors (Lipinski definition) is 7. The Labute approximate surface area is 329 Å². The molecule has 280 valence electrons. The zero-order valence-electron chi connectivity index (χ0n) is 31.8. The van der Waals surface area contributed by atoms with Crippen LogP contribution in [-0.4, -0.2) is 36.0 Å². The van der Waals surface area contributed by atoms with Gasteiger partial charge in [0.05, 0.1) is 47.8 Å². The molecule has 2 N–H and O–H groups in total. The van der Waals surface area contributed by atoms with Gasteiger partial charge in [0.25, 0.3) is 11.8 Å². The molecule has 0 spiro atoms. The number of pyridine rings is 2. The fourth-order valence-electron chi connectivity index (χ4n) is 7.00. The lowest BCUT2D eigenvalue weighted by molar-refractivity contribution is 0.101. The van der Waals surface area contributed by atoms with E-state index < -0.39 is 0 Å². The molecule has 0 unspecified atom stereocenters. The number of carbonyl (C=O) groups is 2. The Morgan fingerprint density at radius 2 is 0.807 bits per heavy atom. The Bertz CT molecular complexity index is 2570. The van der Waals surface area contributed by atoms with Gasteiger partial charge < -0.3 is 24.8 Å². The minimum absolute atomic E-state index is 0.237. The lowest BCUT2D eigenvalue weighted by Crippen LogP contribution is -2.15. The van der Waals surface area contributed by atoms with Crippen molar-refractivity contribution in [2.24, 2.45) is 0 Å². The van der Waals surface area contributed by atoms with Crippen molar-refractivity contribution in [1.29, 1.82) is 0 Å². The first kappa shape index (κ1) is 36.5. The largest absolute Gasteiger partial charge is 0.497 e. The van der Waals surface area contributed by atoms with Gasteiger partial charge in [-0.05, 0) is 134 Å². The first-order chi connectivity index (χ1) is 27.8. The summed E-state index contributed by atoms with van der Waals surface area (Å²) in [6.45, 7) is 3.84. The predicted octanol–water partition coefficient (Wildman–Crippen LogP) is 11.0. The summed E-state index contributed by atoms with van der Waals surface area (Å²) in [4.78, 5) is 37.5. The number of nitrogens with zero attached hydrogens (tertiary/aromatic N) is 2. The van der Waals surface area contributed by atoms with Gasteiger partial charge >= 0.3 is 0 Å². The molecule has 0 saturated carbocycles. The third-order valence-corrected chi connectivity index (χ3v) is 9.91. The molecule has 8 rings (SSSR count). The number of ether oxygens (including phenoxy) is 3. The van der Waals surface area contributed by atoms with Gasteiger partial charge in [0, 0.05) is 33.3 Å². The summed E-state index contributed by atoms with van der Waals surface area (Å²) < 4.78 is 16.8. The summed E-state index contributed by atoms with van der Waals surface area (Å²) in [6.07, 6.45) is 0. The highest BCUT2D eigenvalue weighted by Gasteiger charge is 2.21. The molecule has 0 aliphatic rings. The predicted molar refractivity (Wildman–Crippen MR) is 226 cm³/mol. The van der Waals surface area contributed by atoms with Crippen LogP contribution in [0.1, 0.15) is 31.8 Å². The van der Waals surface area contributed by atoms with Crippen molar-refractivity contribution in [3.05, 3.63) is 168 Å². The van der Waals surface area contributed by atoms with Crippen molar-refractivity contribution >= 4 is 45.0 Å². The zero-order chi connectivity index (χ0) is 39.5. The van der Waals surface area contributed by atoms with Crippen molar-refractivity contribution < 1.29 is 23.8 Å². The van der Waals surface area contributed by atoms with E-state index >= 15 is 0 Å². The number of fused-ring (bicyclic) bond motifs is 2. The van der Waals surface area contributed by atoms with E-state index in [2.05, 4.69) is 10.6 Å². The third kappa shape index (κ3) is 7.46. The van der Waals surface area contributed by atoms with Crippen LogP contribution in [0, 0.1) is 13.8 Å². The van der Waals surface area contributed by atoms with Crippen molar-refractivity contribution in [3.63, 3.8) is 0 Å². The Kier molecular flexibility index (Phi) is 10.0. The highest BCUT2D eigenvalue weighted by atomic mass is 16.5. The number of benzene rings is 6. The number of rotatable bonds is 10. The summed E-state index contributed by atoms with van der Waals surface area (Å²) in [5, 5.41) is 7.66. The highest BCUT2D eigenvalue weighted by molar-refractivity contribution is 6.15. The molecule has 9 heteroatoms. The van der Waals surface area contributed by atoms with Gasteiger partial charge in [-0.15, -0.1) is 0 Å². The molecular weight excluding hydrogens is 713 g/mol. The molecule has 6 aromatic carbocycles. The molecule has 0 aliphatic carbocycles. The first-order valence-corrected chi connectivity index (χ1v) is 18.4. The average Bonchev–Trinajstić information content (AvgIpc) is 3.24. The molecule has 8 aromatic rings. The van der Waals surface area contributed by atoms with E-state index in [-0.39, 0.29) is 11.8 Å². The first-order valence-electron chi connectivity index (χ1n) is 18.4. The molecule has 57 heavy (non-hydrogen) atoms. The second-order valence-electron chi connectivity index (χ2n) is 13.5. The zero-order valence-corrected chi connectivity index (χ0v) is 31.8. The summed E-state index contributed by atoms with van der Waals surface area (Å²) in [6, 6.07) is 45.0. The van der Waals surface area contributed by atoms with Crippen LogP contribution in [0.3, 0.4) is 0 Å². The molecule has 0 bridgehead atoms. The number of carbonyl (C=O) groups excluding carboxylic acids is 2. The maximum Gasteiger partial charge on any atom is 0.256 e. The standard InChI is InChI=1S/C48H38N4O5/c1-29-43(39-9-5-7-11-41(39)51-45(29)31-13-21-35(55-3)22-14-31)47(53)49-33-17-25-37(26-18-33)57-38-27-19-34(20-28-38)50-48(54)44-30(2)46(32-15-23-36(56-4)24-16-32)52-42-12-8-6-10-40(42)44/h5-28H,1-4H3,(H,49,53)(H,50,54). The van der Waals surface area contributed by atoms with E-state index in [0.717, 1.165) is 66.9 Å². The van der Waals surface area contributed by atoms with E-state index in [9.17, 15) is 9.59 Å². The second kappa shape index (κ2) is 15.7. The topological polar surface area (TPSA) is 112 Å². The molecule has 2 aromatic heterocycles. The maximum absolute atomic E-state index is 13.9. The van der Waals surface area contributed by atoms with Crippen LogP contribution < -0.4 is 24.8 Å². The summed E-state index contributed by atoms with van der Waals surface area (Å²) in [5.41, 5.74) is 8.61. The fourth-order valence-corrected chi connectivity index (χ4v) is 7.00. The van der Waals surface area contributed by atoms with Crippen LogP contribution in [0.15, 0.2) is 146 Å². The molecule has 0 atom stereocenters. The minimum atomic E-state index is -0.237. The Balaban J connectivity index is 0.966. The molecule has 0 saturated heterocycles. The van der Waals surface area contributed by atoms with Crippen molar-refractivity contribution in [2.75, 3.05) is 24.9 Å². The number of para-hydroxylation sites is 2. The number of aromatic nitrogens is 2. The van der Waals surface area contributed by atoms with Crippen LogP contribution in [0.5, 0.6) is 23.0 Å². The lowest BCUT2D eigenvalue weighted by atomic mass is 9.97. The normalized spacial score (nSPS) is 10.9. The Morgan fingerprint density at radius 1 is 0.456 bits per heavy atom. The van der Waals surface area contributed by atoms with Crippen molar-refractivity contribution in [3.8, 4) is 45.5 Å². The highest BCUT2D eigenvalue weighted by Crippen LogP contribution is 2.34. The van der Waals surface area contributed by atoms with E-state index in [1.165, 1.54) is 0 Å². The molecule has 9 nitrogen and oxygen atoms in total. The summed E-state index contributed by atoms with van der Waals surface area (Å²) >= 11 is 0. The average molecular weight is 751 g/mol. The number of hydrogen-bond donors (Lipinski definition) is 2. The Hall–Kier alpha value is -7.52. The van der Waals surface area contributed by atoms with E-state index in [0.29, 0.717) is 34.0 Å². The minimum Gasteiger partial charge on any atom is -0.497 e. The molecular formula is C48H38N4O5. The SMILES string of the molecule is COc1ccc(-c2nc3ccccc3c(C(=O)Nc3ccc(Oc4ccc(NC(=O)c5c(C)c(-c6ccc(OC)cc6)nc6ccccc56)cc4)cc3)c2C)cc1. The molecule has 0 radical (unpaired) electrons. The van der Waals surface area contributed by atoms with Gasteiger partial charge in [-0.2, -0.15) is 0 Å². The van der Waals surface area contributed by atoms with E-state index in [4.69, 9.17) is 24.2 Å². The van der Waals surface area contributed by atoms with Crippen molar-refractivity contribution in [1.82, 2.24) is 9.97 Å². The van der Waals surface area contributed by atoms with Gasteiger partial charge in [0.15, 0.2) is 0 Å². The summed E-state index contributed by atoms with van der Waals surface area (Å²) in [7, 11) is 3.26. The van der Waals surface area contributed by atoms with Gasteiger partial charge in [-0.25, -0.2) is 9.97 Å². The van der Waals surface area contributed by atoms with Gasteiger partial charge in [0.1, 0.15) is 23.0 Å². The smallest absolute Gasteiger partial charge is 0.256 e. The number of nitrogens with one attached hydrogen (secondary N) is 2. The number of amides is 2. The fraction of sp³-hybridized carbons (Fsp3) is 0.0833. The monoisotopic (exact) mass is 750 g/mol. The molecule has 0 aliphatic heterocycles. The van der Waals surface area contributed by atoms with Crippen LogP contribution in [0.2, 0.25) is 0 Å². The summed E-state index contributed by atoms with van der Waals surface area (Å²) in [5.74, 6) is 2.19. The third-order valence-electron chi connectivity index (χ3n) is 9.91. The lowest BCUT2D eigenvalue weighted by Gasteiger charge is -2.16. The van der Waals surface area contributed by atoms with Crippen LogP contribution >= 0.6 is 0 Å². The van der Waals surface area contributed by atoms with Gasteiger partial charge in [-0.1, -0.05) is 36.4 Å². The van der Waals surface area contributed by atoms with E-state index in [1.807, 2.05) is 111 Å². The molecule has 0 fully saturated rings. The van der Waals surface area contributed by atoms with Gasteiger partial charge in [-0.3, -0.25) is 9.59 Å². The van der Waals surface area contributed by atoms with E-state index in [1.54, 1.807) is 62.8 Å². The Morgan fingerprint density at radius 3 is 1.18 bits per heavy atom. The van der Waals surface area contributed by atoms with Crippen LogP contribution in [-0.2, 0) is 0 Å². The maximum atomic E-state index is 13.9. The number of methoxy groups -OCH3 is 2. The van der Waals surface area contributed by atoms with Gasteiger partial charge in [0.2, 0.25) is 0 Å². The van der Waals surface area contributed by atoms with Crippen molar-refractivity contribution in [2.45, 2.75) is 13.8 Å². The molecule has 2 heterocycles. The quantitative estimate of drug-likeness (QED) is 0.143. The number of anilines is 2.